The number of hydrogen-bond donors (Lipinski definition) is 1. The Morgan fingerprint density at radius 1 is 1.42 bits per heavy atom. The molecule has 6 heteroatoms. The van der Waals surface area contributed by atoms with E-state index in [0.717, 1.165) is 5.56 Å². The molecular weight excluding hydrogens is 247 g/mol. The molecular formula is C13H17FN4O. The van der Waals surface area contributed by atoms with Crippen molar-refractivity contribution in [2.45, 2.75) is 26.0 Å². The molecule has 0 fully saturated rings. The largest absolute Gasteiger partial charge is 0.487 e. The quantitative estimate of drug-likeness (QED) is 0.887. The van der Waals surface area contributed by atoms with Gasteiger partial charge in [0.1, 0.15) is 23.9 Å². The van der Waals surface area contributed by atoms with Gasteiger partial charge in [0.05, 0.1) is 6.20 Å². The van der Waals surface area contributed by atoms with Crippen LogP contribution in [0.3, 0.4) is 0 Å². The van der Waals surface area contributed by atoms with Crippen LogP contribution in [-0.4, -0.2) is 21.0 Å². The van der Waals surface area contributed by atoms with Crippen molar-refractivity contribution in [2.24, 2.45) is 12.8 Å². The van der Waals surface area contributed by atoms with E-state index >= 15 is 0 Å². The molecule has 19 heavy (non-hydrogen) atoms. The summed E-state index contributed by atoms with van der Waals surface area (Å²) in [6.07, 6.45) is 2.36. The Hall–Kier alpha value is -1.95. The summed E-state index contributed by atoms with van der Waals surface area (Å²) >= 11 is 0. The van der Waals surface area contributed by atoms with Crippen LogP contribution in [0.25, 0.3) is 0 Å². The number of rotatable bonds is 5. The predicted molar refractivity (Wildman–Crippen MR) is 69.1 cm³/mol. The van der Waals surface area contributed by atoms with Crippen LogP contribution >= 0.6 is 0 Å². The molecule has 2 N–H and O–H groups in total. The van der Waals surface area contributed by atoms with E-state index in [-0.39, 0.29) is 18.5 Å². The van der Waals surface area contributed by atoms with E-state index in [1.807, 2.05) is 6.92 Å². The predicted octanol–water partition coefficient (Wildman–Crippen LogP) is 1.42. The fourth-order valence-corrected chi connectivity index (χ4v) is 1.81. The highest BCUT2D eigenvalue weighted by Gasteiger charge is 2.06. The Morgan fingerprint density at radius 3 is 2.84 bits per heavy atom. The molecule has 0 amide bonds. The van der Waals surface area contributed by atoms with Gasteiger partial charge in [0.15, 0.2) is 0 Å². The van der Waals surface area contributed by atoms with E-state index in [0.29, 0.717) is 17.9 Å². The second-order valence-corrected chi connectivity index (χ2v) is 4.65. The SMILES string of the molecule is CC(N)Cc1cc(F)cc(OCc2cn(C)nn2)c1. The van der Waals surface area contributed by atoms with Gasteiger partial charge in [-0.1, -0.05) is 5.21 Å². The van der Waals surface area contributed by atoms with Crippen molar-refractivity contribution < 1.29 is 9.13 Å². The van der Waals surface area contributed by atoms with Crippen molar-refractivity contribution in [3.8, 4) is 5.75 Å². The summed E-state index contributed by atoms with van der Waals surface area (Å²) in [5, 5.41) is 7.70. The van der Waals surface area contributed by atoms with Gasteiger partial charge in [-0.15, -0.1) is 5.10 Å². The van der Waals surface area contributed by atoms with Crippen LogP contribution in [0.15, 0.2) is 24.4 Å². The molecule has 0 aliphatic heterocycles. The highest BCUT2D eigenvalue weighted by Crippen LogP contribution is 2.18. The molecule has 0 aliphatic carbocycles. The van der Waals surface area contributed by atoms with E-state index in [1.165, 1.54) is 12.1 Å². The lowest BCUT2D eigenvalue weighted by Crippen LogP contribution is -2.17. The van der Waals surface area contributed by atoms with Crippen LogP contribution in [0.4, 0.5) is 4.39 Å². The Morgan fingerprint density at radius 2 is 2.21 bits per heavy atom. The van der Waals surface area contributed by atoms with Gasteiger partial charge in [0.25, 0.3) is 0 Å². The molecule has 5 nitrogen and oxygen atoms in total. The molecule has 1 atom stereocenters. The summed E-state index contributed by atoms with van der Waals surface area (Å²) in [5.74, 6) is 0.147. The van der Waals surface area contributed by atoms with Gasteiger partial charge in [-0.05, 0) is 31.0 Å². The highest BCUT2D eigenvalue weighted by molar-refractivity contribution is 5.30. The lowest BCUT2D eigenvalue weighted by molar-refractivity contribution is 0.299. The molecule has 1 heterocycles. The minimum Gasteiger partial charge on any atom is -0.487 e. The first-order valence-corrected chi connectivity index (χ1v) is 6.06. The van der Waals surface area contributed by atoms with Gasteiger partial charge in [-0.3, -0.25) is 4.68 Å². The van der Waals surface area contributed by atoms with Crippen molar-refractivity contribution >= 4 is 0 Å². The Labute approximate surface area is 111 Å². The molecule has 0 radical (unpaired) electrons. The number of aromatic nitrogens is 3. The Balaban J connectivity index is 2.05. The van der Waals surface area contributed by atoms with Crippen LogP contribution in [0, 0.1) is 5.82 Å². The molecule has 2 aromatic rings. The molecule has 1 aromatic heterocycles. The minimum absolute atomic E-state index is 0.0189. The molecule has 0 spiro atoms. The molecule has 0 aliphatic rings. The van der Waals surface area contributed by atoms with Crippen molar-refractivity contribution in [3.05, 3.63) is 41.5 Å². The third-order valence-electron chi connectivity index (χ3n) is 2.53. The number of benzene rings is 1. The van der Waals surface area contributed by atoms with Crippen molar-refractivity contribution in [1.29, 1.82) is 0 Å². The summed E-state index contributed by atoms with van der Waals surface area (Å²) in [4.78, 5) is 0. The van der Waals surface area contributed by atoms with Crippen LogP contribution in [0.5, 0.6) is 5.75 Å². The Kier molecular flexibility index (Phi) is 4.11. The number of hydrogen-bond acceptors (Lipinski definition) is 4. The summed E-state index contributed by atoms with van der Waals surface area (Å²) in [6.45, 7) is 2.14. The lowest BCUT2D eigenvalue weighted by atomic mass is 10.1. The first-order chi connectivity index (χ1) is 9.02. The van der Waals surface area contributed by atoms with E-state index in [1.54, 1.807) is 24.0 Å². The number of nitrogens with two attached hydrogens (primary N) is 1. The van der Waals surface area contributed by atoms with Crippen LogP contribution < -0.4 is 10.5 Å². The summed E-state index contributed by atoms with van der Waals surface area (Å²) in [5.41, 5.74) is 7.23. The summed E-state index contributed by atoms with van der Waals surface area (Å²) < 4.78 is 20.6. The number of nitrogens with zero attached hydrogens (tertiary/aromatic N) is 3. The smallest absolute Gasteiger partial charge is 0.134 e. The van der Waals surface area contributed by atoms with E-state index in [9.17, 15) is 4.39 Å². The average molecular weight is 264 g/mol. The van der Waals surface area contributed by atoms with Gasteiger partial charge in [-0.2, -0.15) is 0 Å². The second kappa shape index (κ2) is 5.79. The minimum atomic E-state index is -0.327. The van der Waals surface area contributed by atoms with E-state index in [4.69, 9.17) is 10.5 Å². The summed E-state index contributed by atoms with van der Waals surface area (Å²) in [6, 6.07) is 4.59. The van der Waals surface area contributed by atoms with Crippen molar-refractivity contribution in [1.82, 2.24) is 15.0 Å². The number of aryl methyl sites for hydroxylation is 1. The number of ether oxygens (including phenoxy) is 1. The molecule has 2 rings (SSSR count). The monoisotopic (exact) mass is 264 g/mol. The Bertz CT molecular complexity index is 553. The second-order valence-electron chi connectivity index (χ2n) is 4.65. The molecule has 102 valence electrons. The van der Waals surface area contributed by atoms with Gasteiger partial charge < -0.3 is 10.5 Å². The fraction of sp³-hybridized carbons (Fsp3) is 0.385. The summed E-state index contributed by atoms with van der Waals surface area (Å²) in [7, 11) is 1.78. The average Bonchev–Trinajstić information content (AvgIpc) is 2.71. The highest BCUT2D eigenvalue weighted by atomic mass is 19.1. The third kappa shape index (κ3) is 4.03. The molecule has 1 aromatic carbocycles. The van der Waals surface area contributed by atoms with Crippen LogP contribution in [-0.2, 0) is 20.1 Å². The molecule has 1 unspecified atom stereocenters. The van der Waals surface area contributed by atoms with Gasteiger partial charge in [0, 0.05) is 19.2 Å². The maximum absolute atomic E-state index is 13.5. The zero-order valence-corrected chi connectivity index (χ0v) is 11.0. The first-order valence-electron chi connectivity index (χ1n) is 6.06. The zero-order chi connectivity index (χ0) is 13.8. The van der Waals surface area contributed by atoms with Crippen molar-refractivity contribution in [3.63, 3.8) is 0 Å². The fourth-order valence-electron chi connectivity index (χ4n) is 1.81. The first kappa shape index (κ1) is 13.5. The van der Waals surface area contributed by atoms with Crippen LogP contribution in [0.2, 0.25) is 0 Å². The zero-order valence-electron chi connectivity index (χ0n) is 11.0. The van der Waals surface area contributed by atoms with Crippen LogP contribution in [0.1, 0.15) is 18.2 Å². The molecule has 0 bridgehead atoms. The maximum atomic E-state index is 13.5. The normalized spacial score (nSPS) is 12.4. The maximum Gasteiger partial charge on any atom is 0.134 e. The molecule has 0 saturated heterocycles. The van der Waals surface area contributed by atoms with Crippen molar-refractivity contribution in [2.75, 3.05) is 0 Å². The van der Waals surface area contributed by atoms with E-state index < -0.39 is 0 Å². The van der Waals surface area contributed by atoms with E-state index in [2.05, 4.69) is 10.3 Å². The lowest BCUT2D eigenvalue weighted by Gasteiger charge is -2.09. The standard InChI is InChI=1S/C13H17FN4O/c1-9(15)3-10-4-11(14)6-13(5-10)19-8-12-7-18(2)17-16-12/h4-7,9H,3,8,15H2,1-2H3. The molecule has 0 saturated carbocycles. The third-order valence-corrected chi connectivity index (χ3v) is 2.53. The van der Waals surface area contributed by atoms with Gasteiger partial charge >= 0.3 is 0 Å². The van der Waals surface area contributed by atoms with Gasteiger partial charge in [0.2, 0.25) is 0 Å². The topological polar surface area (TPSA) is 66.0 Å². The number of halogens is 1. The van der Waals surface area contributed by atoms with Gasteiger partial charge in [-0.25, -0.2) is 4.39 Å².